The van der Waals surface area contributed by atoms with Crippen LogP contribution in [0.2, 0.25) is 0 Å². The van der Waals surface area contributed by atoms with Gasteiger partial charge in [-0.1, -0.05) is 30.3 Å². The van der Waals surface area contributed by atoms with Gasteiger partial charge in [-0.15, -0.1) is 0 Å². The molecule has 0 saturated carbocycles. The van der Waals surface area contributed by atoms with Crippen molar-refractivity contribution in [3.05, 3.63) is 53.6 Å². The van der Waals surface area contributed by atoms with Crippen molar-refractivity contribution in [3.63, 3.8) is 0 Å². The van der Waals surface area contributed by atoms with E-state index < -0.39 is 16.1 Å². The number of sulfonamides is 1. The summed E-state index contributed by atoms with van der Waals surface area (Å²) in [5.74, 6) is -0.0299. The second kappa shape index (κ2) is 6.99. The molecule has 0 bridgehead atoms. The summed E-state index contributed by atoms with van der Waals surface area (Å²) in [6.07, 6.45) is -0.926. The number of ether oxygens (including phenoxy) is 1. The van der Waals surface area contributed by atoms with Crippen LogP contribution in [-0.4, -0.2) is 32.7 Å². The number of benzene rings is 2. The van der Waals surface area contributed by atoms with Gasteiger partial charge in [-0.3, -0.25) is 9.10 Å². The minimum Gasteiger partial charge on any atom is -0.476 e. The van der Waals surface area contributed by atoms with Crippen molar-refractivity contribution in [2.45, 2.75) is 26.9 Å². The Morgan fingerprint density at radius 1 is 1.15 bits per heavy atom. The standard InChI is InChI=1S/C19H22N2O4S/c1-4-26(23,24)21-12-17(25-16-11-6-5-10-15(16)21)19(22)20-18-13(2)8-7-9-14(18)3/h5-11,17H,4,12H2,1-3H3,(H,20,22)/t17-/m1/s1. The predicted molar refractivity (Wildman–Crippen MR) is 102 cm³/mol. The average molecular weight is 374 g/mol. The predicted octanol–water partition coefficient (Wildman–Crippen LogP) is 2.86. The lowest BCUT2D eigenvalue weighted by molar-refractivity contribution is -0.122. The molecular formula is C19H22N2O4S. The lowest BCUT2D eigenvalue weighted by Gasteiger charge is -2.34. The van der Waals surface area contributed by atoms with Crippen LogP contribution >= 0.6 is 0 Å². The van der Waals surface area contributed by atoms with Crippen molar-refractivity contribution >= 4 is 27.3 Å². The van der Waals surface area contributed by atoms with Gasteiger partial charge >= 0.3 is 0 Å². The first-order chi connectivity index (χ1) is 12.3. The molecule has 1 N–H and O–H groups in total. The van der Waals surface area contributed by atoms with Crippen LogP contribution in [-0.2, 0) is 14.8 Å². The fraction of sp³-hybridized carbons (Fsp3) is 0.316. The largest absolute Gasteiger partial charge is 0.476 e. The van der Waals surface area contributed by atoms with Crippen molar-refractivity contribution in [2.75, 3.05) is 21.9 Å². The maximum absolute atomic E-state index is 12.8. The van der Waals surface area contributed by atoms with E-state index in [1.54, 1.807) is 31.2 Å². The van der Waals surface area contributed by atoms with Gasteiger partial charge in [0.1, 0.15) is 5.75 Å². The van der Waals surface area contributed by atoms with Gasteiger partial charge in [0.2, 0.25) is 10.0 Å². The minimum absolute atomic E-state index is 0.0490. The Kier molecular flexibility index (Phi) is 4.91. The summed E-state index contributed by atoms with van der Waals surface area (Å²) >= 11 is 0. The highest BCUT2D eigenvalue weighted by Gasteiger charge is 2.36. The Hall–Kier alpha value is -2.54. The van der Waals surface area contributed by atoms with E-state index >= 15 is 0 Å². The highest BCUT2D eigenvalue weighted by atomic mass is 32.2. The number of fused-ring (bicyclic) bond motifs is 1. The molecule has 138 valence electrons. The van der Waals surface area contributed by atoms with Crippen molar-refractivity contribution in [1.82, 2.24) is 0 Å². The number of nitrogens with zero attached hydrogens (tertiary/aromatic N) is 1. The number of carbonyl (C=O) groups is 1. The number of carbonyl (C=O) groups excluding carboxylic acids is 1. The van der Waals surface area contributed by atoms with Crippen LogP contribution in [0.5, 0.6) is 5.75 Å². The topological polar surface area (TPSA) is 75.7 Å². The zero-order valence-electron chi connectivity index (χ0n) is 15.0. The molecule has 1 aliphatic rings. The van der Waals surface area contributed by atoms with E-state index in [4.69, 9.17) is 4.74 Å². The minimum atomic E-state index is -3.52. The molecule has 1 amide bonds. The Labute approximate surface area is 153 Å². The van der Waals surface area contributed by atoms with Crippen LogP contribution in [0.1, 0.15) is 18.1 Å². The normalized spacial score (nSPS) is 16.6. The van der Waals surface area contributed by atoms with Gasteiger partial charge in [-0.2, -0.15) is 0 Å². The fourth-order valence-corrected chi connectivity index (χ4v) is 4.10. The first-order valence-corrected chi connectivity index (χ1v) is 10.1. The molecule has 6 nitrogen and oxygen atoms in total. The molecule has 0 radical (unpaired) electrons. The Balaban J connectivity index is 1.91. The van der Waals surface area contributed by atoms with Crippen LogP contribution < -0.4 is 14.4 Å². The van der Waals surface area contributed by atoms with Crippen LogP contribution in [0.25, 0.3) is 0 Å². The van der Waals surface area contributed by atoms with E-state index in [9.17, 15) is 13.2 Å². The monoisotopic (exact) mass is 374 g/mol. The number of amides is 1. The highest BCUT2D eigenvalue weighted by Crippen LogP contribution is 2.35. The first kappa shape index (κ1) is 18.3. The summed E-state index contributed by atoms with van der Waals surface area (Å²) in [7, 11) is -3.52. The number of hydrogen-bond acceptors (Lipinski definition) is 4. The highest BCUT2D eigenvalue weighted by molar-refractivity contribution is 7.92. The Bertz CT molecular complexity index is 920. The molecule has 0 aromatic heterocycles. The third-order valence-electron chi connectivity index (χ3n) is 4.46. The van der Waals surface area contributed by atoms with Crippen molar-refractivity contribution in [3.8, 4) is 5.75 Å². The Morgan fingerprint density at radius 2 is 1.81 bits per heavy atom. The van der Waals surface area contributed by atoms with Crippen molar-refractivity contribution in [1.29, 1.82) is 0 Å². The average Bonchev–Trinajstić information content (AvgIpc) is 2.63. The molecule has 1 atom stereocenters. The van der Waals surface area contributed by atoms with Gasteiger partial charge < -0.3 is 10.1 Å². The van der Waals surface area contributed by atoms with Gasteiger partial charge in [0.15, 0.2) is 6.10 Å². The lowest BCUT2D eigenvalue weighted by Crippen LogP contribution is -2.49. The maximum atomic E-state index is 12.8. The molecule has 0 spiro atoms. The molecule has 26 heavy (non-hydrogen) atoms. The number of nitrogens with one attached hydrogen (secondary N) is 1. The number of para-hydroxylation sites is 3. The molecule has 2 aromatic rings. The van der Waals surface area contributed by atoms with E-state index in [-0.39, 0.29) is 18.2 Å². The molecule has 0 unspecified atom stereocenters. The van der Waals surface area contributed by atoms with Crippen LogP contribution in [0.3, 0.4) is 0 Å². The SMILES string of the molecule is CCS(=O)(=O)N1C[C@H](C(=O)Nc2c(C)cccc2C)Oc2ccccc21. The number of anilines is 2. The van der Waals surface area contributed by atoms with E-state index in [0.29, 0.717) is 11.4 Å². The molecule has 7 heteroatoms. The first-order valence-electron chi connectivity index (χ1n) is 8.46. The van der Waals surface area contributed by atoms with Gasteiger partial charge in [-0.05, 0) is 44.0 Å². The van der Waals surface area contributed by atoms with Gasteiger partial charge in [-0.25, -0.2) is 8.42 Å². The van der Waals surface area contributed by atoms with Crippen LogP contribution in [0.15, 0.2) is 42.5 Å². The molecular weight excluding hydrogens is 352 g/mol. The Morgan fingerprint density at radius 3 is 2.46 bits per heavy atom. The van der Waals surface area contributed by atoms with E-state index in [2.05, 4.69) is 5.32 Å². The zero-order valence-corrected chi connectivity index (χ0v) is 15.8. The van der Waals surface area contributed by atoms with Gasteiger partial charge in [0.25, 0.3) is 5.91 Å². The quantitative estimate of drug-likeness (QED) is 0.893. The van der Waals surface area contributed by atoms with E-state index in [1.807, 2.05) is 32.0 Å². The summed E-state index contributed by atoms with van der Waals surface area (Å²) in [6, 6.07) is 12.6. The van der Waals surface area contributed by atoms with E-state index in [1.165, 1.54) is 4.31 Å². The molecule has 1 aliphatic heterocycles. The number of aryl methyl sites for hydroxylation is 2. The van der Waals surface area contributed by atoms with Crippen molar-refractivity contribution in [2.24, 2.45) is 0 Å². The second-order valence-corrected chi connectivity index (χ2v) is 8.44. The second-order valence-electron chi connectivity index (χ2n) is 6.26. The molecule has 0 aliphatic carbocycles. The molecule has 1 heterocycles. The third-order valence-corrected chi connectivity index (χ3v) is 6.20. The zero-order chi connectivity index (χ0) is 18.9. The van der Waals surface area contributed by atoms with E-state index in [0.717, 1.165) is 16.8 Å². The van der Waals surface area contributed by atoms with Crippen LogP contribution in [0, 0.1) is 13.8 Å². The smallest absolute Gasteiger partial charge is 0.267 e. The summed E-state index contributed by atoms with van der Waals surface area (Å²) < 4.78 is 32.0. The fourth-order valence-electron chi connectivity index (χ4n) is 2.97. The maximum Gasteiger partial charge on any atom is 0.267 e. The lowest BCUT2D eigenvalue weighted by atomic mass is 10.1. The third kappa shape index (κ3) is 3.39. The molecule has 2 aromatic carbocycles. The van der Waals surface area contributed by atoms with Crippen LogP contribution in [0.4, 0.5) is 11.4 Å². The summed E-state index contributed by atoms with van der Waals surface area (Å²) in [5.41, 5.74) is 3.07. The van der Waals surface area contributed by atoms with Crippen molar-refractivity contribution < 1.29 is 17.9 Å². The molecule has 3 rings (SSSR count). The number of rotatable bonds is 4. The van der Waals surface area contributed by atoms with Gasteiger partial charge in [0, 0.05) is 5.69 Å². The van der Waals surface area contributed by atoms with Gasteiger partial charge in [0.05, 0.1) is 18.0 Å². The summed E-state index contributed by atoms with van der Waals surface area (Å²) in [4.78, 5) is 12.8. The number of hydrogen-bond donors (Lipinski definition) is 1. The molecule has 0 fully saturated rings. The summed E-state index contributed by atoms with van der Waals surface area (Å²) in [5, 5.41) is 2.88. The molecule has 0 saturated heterocycles. The summed E-state index contributed by atoms with van der Waals surface area (Å²) in [6.45, 7) is 5.35.